The summed E-state index contributed by atoms with van der Waals surface area (Å²) >= 11 is 0. The molecule has 5 nitrogen and oxygen atoms in total. The molecule has 0 heterocycles. The SMILES string of the molecule is C/C(=C\CO)CC/C=C(\C)CNc1ccc([N+](=O)[O-])cc1. The summed E-state index contributed by atoms with van der Waals surface area (Å²) in [5.41, 5.74) is 3.36. The van der Waals surface area contributed by atoms with Gasteiger partial charge in [-0.1, -0.05) is 23.3 Å². The molecule has 5 heteroatoms. The predicted molar refractivity (Wildman–Crippen MR) is 85.4 cm³/mol. The quantitative estimate of drug-likeness (QED) is 0.435. The van der Waals surface area contributed by atoms with Crippen molar-refractivity contribution in [3.05, 3.63) is 57.7 Å². The van der Waals surface area contributed by atoms with E-state index in [0.29, 0.717) is 6.54 Å². The van der Waals surface area contributed by atoms with Gasteiger partial charge in [0.2, 0.25) is 0 Å². The van der Waals surface area contributed by atoms with Crippen LogP contribution in [0.25, 0.3) is 0 Å². The molecule has 0 bridgehead atoms. The summed E-state index contributed by atoms with van der Waals surface area (Å²) in [6.07, 6.45) is 5.86. The van der Waals surface area contributed by atoms with E-state index in [4.69, 9.17) is 5.11 Å². The number of allylic oxidation sites excluding steroid dienone is 2. The third kappa shape index (κ3) is 6.72. The van der Waals surface area contributed by atoms with Gasteiger partial charge in [-0.05, 0) is 38.8 Å². The Kier molecular flexibility index (Phi) is 7.18. The van der Waals surface area contributed by atoms with Crippen molar-refractivity contribution < 1.29 is 10.0 Å². The van der Waals surface area contributed by atoms with Crippen molar-refractivity contribution >= 4 is 11.4 Å². The second-order valence-electron chi connectivity index (χ2n) is 4.98. The fraction of sp³-hybridized carbons (Fsp3) is 0.375. The minimum Gasteiger partial charge on any atom is -0.392 e. The van der Waals surface area contributed by atoms with Crippen LogP contribution in [0.1, 0.15) is 26.7 Å². The second-order valence-corrected chi connectivity index (χ2v) is 4.98. The Morgan fingerprint density at radius 3 is 2.48 bits per heavy atom. The topological polar surface area (TPSA) is 75.4 Å². The molecule has 0 radical (unpaired) electrons. The van der Waals surface area contributed by atoms with Crippen LogP contribution in [-0.4, -0.2) is 23.2 Å². The van der Waals surface area contributed by atoms with Crippen LogP contribution in [0.5, 0.6) is 0 Å². The van der Waals surface area contributed by atoms with Gasteiger partial charge in [0.05, 0.1) is 11.5 Å². The van der Waals surface area contributed by atoms with Gasteiger partial charge in [0, 0.05) is 24.4 Å². The molecule has 1 rings (SSSR count). The minimum absolute atomic E-state index is 0.0935. The molecule has 0 aliphatic rings. The Bertz CT molecular complexity index is 519. The molecule has 0 atom stereocenters. The summed E-state index contributed by atoms with van der Waals surface area (Å²) in [5.74, 6) is 0. The Labute approximate surface area is 125 Å². The molecule has 0 aliphatic heterocycles. The first kappa shape index (κ1) is 16.9. The fourth-order valence-electron chi connectivity index (χ4n) is 1.82. The van der Waals surface area contributed by atoms with E-state index in [1.807, 2.05) is 19.9 Å². The normalized spacial score (nSPS) is 12.3. The molecule has 0 fully saturated rings. The molecule has 21 heavy (non-hydrogen) atoms. The first-order chi connectivity index (χ1) is 10.0. The van der Waals surface area contributed by atoms with Gasteiger partial charge in [-0.15, -0.1) is 0 Å². The Hall–Kier alpha value is -2.14. The van der Waals surface area contributed by atoms with Crippen molar-refractivity contribution in [1.82, 2.24) is 0 Å². The maximum Gasteiger partial charge on any atom is 0.269 e. The molecule has 1 aromatic carbocycles. The number of aliphatic hydroxyl groups excluding tert-OH is 1. The Morgan fingerprint density at radius 1 is 1.24 bits per heavy atom. The lowest BCUT2D eigenvalue weighted by Gasteiger charge is -2.07. The monoisotopic (exact) mass is 290 g/mol. The standard InChI is InChI=1S/C16H22N2O3/c1-13(10-11-19)4-3-5-14(2)12-17-15-6-8-16(9-7-15)18(20)21/h5-10,17,19H,3-4,11-12H2,1-2H3/b13-10+,14-5+. The molecule has 0 saturated heterocycles. The first-order valence-electron chi connectivity index (χ1n) is 6.93. The first-order valence-corrected chi connectivity index (χ1v) is 6.93. The second kappa shape index (κ2) is 8.92. The molecular weight excluding hydrogens is 268 g/mol. The number of nitro groups is 1. The van der Waals surface area contributed by atoms with Gasteiger partial charge >= 0.3 is 0 Å². The highest BCUT2D eigenvalue weighted by Gasteiger charge is 2.03. The molecule has 0 amide bonds. The fourth-order valence-corrected chi connectivity index (χ4v) is 1.82. The third-order valence-electron chi connectivity index (χ3n) is 3.12. The van der Waals surface area contributed by atoms with E-state index in [-0.39, 0.29) is 12.3 Å². The summed E-state index contributed by atoms with van der Waals surface area (Å²) in [6, 6.07) is 6.40. The lowest BCUT2D eigenvalue weighted by molar-refractivity contribution is -0.384. The Morgan fingerprint density at radius 2 is 1.90 bits per heavy atom. The van der Waals surface area contributed by atoms with Crippen LogP contribution in [0, 0.1) is 10.1 Å². The van der Waals surface area contributed by atoms with E-state index < -0.39 is 4.92 Å². The van der Waals surface area contributed by atoms with Gasteiger partial charge in [0.15, 0.2) is 0 Å². The van der Waals surface area contributed by atoms with Gasteiger partial charge in [-0.3, -0.25) is 10.1 Å². The largest absolute Gasteiger partial charge is 0.392 e. The average molecular weight is 290 g/mol. The number of non-ortho nitro benzene ring substituents is 1. The molecule has 1 aromatic rings. The molecule has 0 unspecified atom stereocenters. The lowest BCUT2D eigenvalue weighted by Crippen LogP contribution is -2.02. The van der Waals surface area contributed by atoms with Gasteiger partial charge in [0.1, 0.15) is 0 Å². The summed E-state index contributed by atoms with van der Waals surface area (Å²) in [5, 5.41) is 22.5. The van der Waals surface area contributed by atoms with Gasteiger partial charge in [0.25, 0.3) is 5.69 Å². The number of hydrogen-bond donors (Lipinski definition) is 2. The van der Waals surface area contributed by atoms with Crippen molar-refractivity contribution in [1.29, 1.82) is 0 Å². The number of anilines is 1. The highest BCUT2D eigenvalue weighted by atomic mass is 16.6. The predicted octanol–water partition coefficient (Wildman–Crippen LogP) is 3.67. The molecule has 114 valence electrons. The summed E-state index contributed by atoms with van der Waals surface area (Å²) in [4.78, 5) is 10.1. The molecule has 0 aromatic heterocycles. The number of rotatable bonds is 8. The van der Waals surface area contributed by atoms with E-state index in [9.17, 15) is 10.1 Å². The molecule has 2 N–H and O–H groups in total. The molecular formula is C16H22N2O3. The number of nitrogens with zero attached hydrogens (tertiary/aromatic N) is 1. The molecule has 0 aliphatic carbocycles. The zero-order valence-electron chi connectivity index (χ0n) is 12.5. The van der Waals surface area contributed by atoms with Crippen molar-refractivity contribution in [2.75, 3.05) is 18.5 Å². The molecule has 0 saturated carbocycles. The van der Waals surface area contributed by atoms with Crippen LogP contribution in [0.4, 0.5) is 11.4 Å². The number of nitrogens with one attached hydrogen (secondary N) is 1. The molecule has 0 spiro atoms. The number of hydrogen-bond acceptors (Lipinski definition) is 4. The highest BCUT2D eigenvalue weighted by molar-refractivity contribution is 5.49. The van der Waals surface area contributed by atoms with Gasteiger partial charge < -0.3 is 10.4 Å². The van der Waals surface area contributed by atoms with Crippen LogP contribution < -0.4 is 5.32 Å². The number of nitro benzene ring substituents is 1. The summed E-state index contributed by atoms with van der Waals surface area (Å²) in [7, 11) is 0. The van der Waals surface area contributed by atoms with E-state index >= 15 is 0 Å². The smallest absolute Gasteiger partial charge is 0.269 e. The zero-order chi connectivity index (χ0) is 15.7. The lowest BCUT2D eigenvalue weighted by atomic mass is 10.1. The van der Waals surface area contributed by atoms with Gasteiger partial charge in [-0.25, -0.2) is 0 Å². The van der Waals surface area contributed by atoms with Crippen LogP contribution in [0.2, 0.25) is 0 Å². The zero-order valence-corrected chi connectivity index (χ0v) is 12.5. The maximum atomic E-state index is 10.6. The van der Waals surface area contributed by atoms with Crippen LogP contribution >= 0.6 is 0 Å². The number of benzene rings is 1. The van der Waals surface area contributed by atoms with E-state index in [1.165, 1.54) is 23.3 Å². The minimum atomic E-state index is -0.406. The van der Waals surface area contributed by atoms with Crippen molar-refractivity contribution in [3.63, 3.8) is 0 Å². The summed E-state index contributed by atoms with van der Waals surface area (Å²) < 4.78 is 0. The van der Waals surface area contributed by atoms with Gasteiger partial charge in [-0.2, -0.15) is 0 Å². The summed E-state index contributed by atoms with van der Waals surface area (Å²) in [6.45, 7) is 4.86. The Balaban J connectivity index is 2.40. The maximum absolute atomic E-state index is 10.6. The highest BCUT2D eigenvalue weighted by Crippen LogP contribution is 2.15. The van der Waals surface area contributed by atoms with Crippen molar-refractivity contribution in [2.45, 2.75) is 26.7 Å². The average Bonchev–Trinajstić information content (AvgIpc) is 2.46. The van der Waals surface area contributed by atoms with Crippen LogP contribution in [0.15, 0.2) is 47.6 Å². The van der Waals surface area contributed by atoms with E-state index in [0.717, 1.165) is 18.5 Å². The van der Waals surface area contributed by atoms with E-state index in [2.05, 4.69) is 11.4 Å². The van der Waals surface area contributed by atoms with Crippen molar-refractivity contribution in [2.24, 2.45) is 0 Å². The third-order valence-corrected chi connectivity index (χ3v) is 3.12. The number of aliphatic hydroxyl groups is 1. The van der Waals surface area contributed by atoms with Crippen LogP contribution in [0.3, 0.4) is 0 Å². The van der Waals surface area contributed by atoms with Crippen LogP contribution in [-0.2, 0) is 0 Å². The van der Waals surface area contributed by atoms with Crippen molar-refractivity contribution in [3.8, 4) is 0 Å². The van der Waals surface area contributed by atoms with E-state index in [1.54, 1.807) is 12.1 Å².